The number of rotatable bonds is 9. The highest BCUT2D eigenvalue weighted by Crippen LogP contribution is 2.32. The van der Waals surface area contributed by atoms with E-state index < -0.39 is 23.3 Å². The summed E-state index contributed by atoms with van der Waals surface area (Å²) in [7, 11) is 3.61. The van der Waals surface area contributed by atoms with Gasteiger partial charge in [-0.05, 0) is 98.1 Å². The van der Waals surface area contributed by atoms with E-state index in [9.17, 15) is 14.0 Å². The molecule has 1 aliphatic rings. The van der Waals surface area contributed by atoms with E-state index in [0.29, 0.717) is 16.8 Å². The number of aromatic nitrogens is 3. The number of halogens is 1. The Kier molecular flexibility index (Phi) is 8.95. The average Bonchev–Trinajstić information content (AvgIpc) is 3.06. The van der Waals surface area contributed by atoms with E-state index >= 15 is 0 Å². The Labute approximate surface area is 260 Å². The van der Waals surface area contributed by atoms with Crippen molar-refractivity contribution in [1.82, 2.24) is 19.4 Å². The number of piperidine rings is 1. The Morgan fingerprint density at radius 3 is 2.51 bits per heavy atom. The van der Waals surface area contributed by atoms with Crippen molar-refractivity contribution in [1.29, 1.82) is 0 Å². The van der Waals surface area contributed by atoms with Crippen molar-refractivity contribution in [3.05, 3.63) is 119 Å². The van der Waals surface area contributed by atoms with Gasteiger partial charge in [0.1, 0.15) is 23.4 Å². The first-order valence-corrected chi connectivity index (χ1v) is 14.8. The van der Waals surface area contributed by atoms with Crippen LogP contribution in [0.3, 0.4) is 0 Å². The van der Waals surface area contributed by atoms with Crippen LogP contribution in [0.15, 0.2) is 96.2 Å². The number of likely N-dealkylation sites (tertiary alicyclic amines) is 1. The first-order valence-electron chi connectivity index (χ1n) is 14.8. The number of amides is 1. The van der Waals surface area contributed by atoms with E-state index in [1.165, 1.54) is 48.0 Å². The van der Waals surface area contributed by atoms with Crippen LogP contribution < -0.4 is 15.6 Å². The zero-order valence-electron chi connectivity index (χ0n) is 25.2. The summed E-state index contributed by atoms with van der Waals surface area (Å²) in [5.41, 5.74) is 3.27. The van der Waals surface area contributed by atoms with Crippen LogP contribution in [0.4, 0.5) is 10.2 Å². The molecule has 1 saturated heterocycles. The van der Waals surface area contributed by atoms with E-state index in [4.69, 9.17) is 9.47 Å². The quantitative estimate of drug-likeness (QED) is 0.217. The molecule has 230 valence electrons. The van der Waals surface area contributed by atoms with Gasteiger partial charge in [0, 0.05) is 18.9 Å². The minimum Gasteiger partial charge on any atom is -0.467 e. The number of carbonyl (C=O) groups is 1. The van der Waals surface area contributed by atoms with Crippen molar-refractivity contribution in [3.8, 4) is 16.9 Å². The first kappa shape index (κ1) is 30.1. The predicted octanol–water partition coefficient (Wildman–Crippen LogP) is 5.62. The van der Waals surface area contributed by atoms with E-state index in [0.717, 1.165) is 37.1 Å². The van der Waals surface area contributed by atoms with Gasteiger partial charge in [0.2, 0.25) is 0 Å². The van der Waals surface area contributed by atoms with Gasteiger partial charge in [0.25, 0.3) is 11.5 Å². The molecule has 9 nitrogen and oxygen atoms in total. The molecule has 0 aliphatic carbocycles. The molecule has 1 aliphatic heterocycles. The second-order valence-corrected chi connectivity index (χ2v) is 11.2. The van der Waals surface area contributed by atoms with E-state index in [1.54, 1.807) is 30.3 Å². The van der Waals surface area contributed by atoms with Gasteiger partial charge in [-0.2, -0.15) is 0 Å². The van der Waals surface area contributed by atoms with Crippen LogP contribution in [0.2, 0.25) is 0 Å². The highest BCUT2D eigenvalue weighted by Gasteiger charge is 2.29. The number of ether oxygens (including phenoxy) is 2. The number of hydrogen-bond donors (Lipinski definition) is 1. The van der Waals surface area contributed by atoms with Crippen LogP contribution in [-0.2, 0) is 9.53 Å². The summed E-state index contributed by atoms with van der Waals surface area (Å²) in [4.78, 5) is 39.0. The van der Waals surface area contributed by atoms with Gasteiger partial charge in [-0.15, -0.1) is 0 Å². The number of fused-ring (bicyclic) bond motifs is 1. The molecule has 6 rings (SSSR count). The molecule has 1 unspecified atom stereocenters. The normalized spacial score (nSPS) is 14.7. The van der Waals surface area contributed by atoms with Crippen LogP contribution in [-0.4, -0.2) is 59.4 Å². The third-order valence-corrected chi connectivity index (χ3v) is 8.26. The van der Waals surface area contributed by atoms with Crippen molar-refractivity contribution in [2.45, 2.75) is 24.8 Å². The predicted molar refractivity (Wildman–Crippen MR) is 171 cm³/mol. The summed E-state index contributed by atoms with van der Waals surface area (Å²) in [6.07, 6.45) is 5.10. The summed E-state index contributed by atoms with van der Waals surface area (Å²) in [6, 6.07) is 21.5. The lowest BCUT2D eigenvalue weighted by Gasteiger charge is -2.29. The van der Waals surface area contributed by atoms with E-state index in [1.807, 2.05) is 6.07 Å². The van der Waals surface area contributed by atoms with Crippen LogP contribution in [0.25, 0.3) is 22.0 Å². The third-order valence-electron chi connectivity index (χ3n) is 8.26. The van der Waals surface area contributed by atoms with E-state index in [2.05, 4.69) is 51.5 Å². The Morgan fingerprint density at radius 2 is 1.78 bits per heavy atom. The van der Waals surface area contributed by atoms with Crippen molar-refractivity contribution in [2.24, 2.45) is 0 Å². The zero-order valence-corrected chi connectivity index (χ0v) is 25.2. The molecule has 1 atom stereocenters. The highest BCUT2D eigenvalue weighted by atomic mass is 19.1. The fourth-order valence-electron chi connectivity index (χ4n) is 5.82. The van der Waals surface area contributed by atoms with Crippen LogP contribution in [0.5, 0.6) is 5.75 Å². The SMILES string of the molecule is COCOc1ccc(F)cc1C(C(=O)Nc1ccccn1)n1cnc2ccc(-c3ccc(C4CCN(C)CC4)cc3)cc2c1=O. The van der Waals surface area contributed by atoms with Crippen LogP contribution >= 0.6 is 0 Å². The molecule has 1 N–H and O–H groups in total. The second kappa shape index (κ2) is 13.4. The lowest BCUT2D eigenvalue weighted by atomic mass is 9.88. The number of nitrogens with one attached hydrogen (secondary N) is 1. The highest BCUT2D eigenvalue weighted by molar-refractivity contribution is 5.96. The number of benzene rings is 3. The molecule has 3 heterocycles. The number of pyridine rings is 1. The maximum absolute atomic E-state index is 14.7. The van der Waals surface area contributed by atoms with Gasteiger partial charge < -0.3 is 19.7 Å². The number of methoxy groups -OCH3 is 1. The number of nitrogens with zero attached hydrogens (tertiary/aromatic N) is 4. The topological polar surface area (TPSA) is 98.6 Å². The Hall–Kier alpha value is -4.93. The molecule has 0 bridgehead atoms. The minimum atomic E-state index is -1.34. The molecule has 10 heteroatoms. The number of anilines is 1. The van der Waals surface area contributed by atoms with Crippen molar-refractivity contribution in [3.63, 3.8) is 0 Å². The fourth-order valence-corrected chi connectivity index (χ4v) is 5.82. The van der Waals surface area contributed by atoms with Gasteiger partial charge >= 0.3 is 0 Å². The monoisotopic (exact) mass is 607 g/mol. The van der Waals surface area contributed by atoms with Crippen LogP contribution in [0.1, 0.15) is 35.9 Å². The maximum Gasteiger partial charge on any atom is 0.262 e. The van der Waals surface area contributed by atoms with Gasteiger partial charge in [0.15, 0.2) is 6.79 Å². The summed E-state index contributed by atoms with van der Waals surface area (Å²) in [5.74, 6) is -0.220. The smallest absolute Gasteiger partial charge is 0.262 e. The van der Waals surface area contributed by atoms with Crippen molar-refractivity contribution in [2.75, 3.05) is 39.4 Å². The van der Waals surface area contributed by atoms with Gasteiger partial charge in [0.05, 0.1) is 17.2 Å². The Balaban J connectivity index is 1.40. The van der Waals surface area contributed by atoms with Gasteiger partial charge in [-0.3, -0.25) is 14.2 Å². The number of carbonyl (C=O) groups excluding carboxylic acids is 1. The molecular weight excluding hydrogens is 573 g/mol. The molecule has 1 fully saturated rings. The summed E-state index contributed by atoms with van der Waals surface area (Å²) >= 11 is 0. The zero-order chi connectivity index (χ0) is 31.3. The molecule has 2 aromatic heterocycles. The molecule has 0 saturated carbocycles. The molecule has 5 aromatic rings. The molecule has 3 aromatic carbocycles. The Morgan fingerprint density at radius 1 is 1.00 bits per heavy atom. The molecule has 0 spiro atoms. The molecule has 1 amide bonds. The summed E-state index contributed by atoms with van der Waals surface area (Å²) < 4.78 is 26.6. The standard InChI is InChI=1S/C35H34FN5O4/c1-40-17-14-25(15-18-40)23-6-8-24(9-7-23)26-10-12-30-28(19-26)35(43)41(21-38-30)33(34(42)39-32-5-3-4-16-37-32)29-20-27(36)11-13-31(29)45-22-44-2/h3-13,16,19-21,25,33H,14-15,17-18,22H2,1-2H3,(H,37,39,42). The molecular formula is C35H34FN5O4. The van der Waals surface area contributed by atoms with Gasteiger partial charge in [-0.25, -0.2) is 14.4 Å². The molecule has 45 heavy (non-hydrogen) atoms. The lowest BCUT2D eigenvalue weighted by Crippen LogP contribution is -2.35. The second-order valence-electron chi connectivity index (χ2n) is 11.2. The summed E-state index contributed by atoms with van der Waals surface area (Å²) in [6.45, 7) is 2.04. The largest absolute Gasteiger partial charge is 0.467 e. The van der Waals surface area contributed by atoms with E-state index in [-0.39, 0.29) is 23.9 Å². The third kappa shape index (κ3) is 6.62. The van der Waals surface area contributed by atoms with Crippen molar-refractivity contribution < 1.29 is 18.7 Å². The fraction of sp³-hybridized carbons (Fsp3) is 0.257. The minimum absolute atomic E-state index is 0.129. The first-order chi connectivity index (χ1) is 21.9. The average molecular weight is 608 g/mol. The van der Waals surface area contributed by atoms with Gasteiger partial charge in [-0.1, -0.05) is 36.4 Å². The molecule has 0 radical (unpaired) electrons. The lowest BCUT2D eigenvalue weighted by molar-refractivity contribution is -0.118. The maximum atomic E-state index is 14.7. The van der Waals surface area contributed by atoms with Crippen molar-refractivity contribution >= 4 is 22.6 Å². The summed E-state index contributed by atoms with van der Waals surface area (Å²) in [5, 5.41) is 3.06. The van der Waals surface area contributed by atoms with Crippen LogP contribution in [0, 0.1) is 5.82 Å². The Bertz CT molecular complexity index is 1850. The number of hydrogen-bond acceptors (Lipinski definition) is 7.